The van der Waals surface area contributed by atoms with Crippen molar-refractivity contribution in [1.29, 1.82) is 0 Å². The van der Waals surface area contributed by atoms with Gasteiger partial charge in [-0.1, -0.05) is 30.4 Å². The van der Waals surface area contributed by atoms with Crippen molar-refractivity contribution in [3.63, 3.8) is 0 Å². The van der Waals surface area contributed by atoms with Crippen LogP contribution in [-0.2, 0) is 6.54 Å². The molecule has 0 aliphatic carbocycles. The van der Waals surface area contributed by atoms with E-state index in [9.17, 15) is 4.39 Å². The molecule has 172 valence electrons. The minimum atomic E-state index is -0.226. The molecule has 34 heavy (non-hydrogen) atoms. The summed E-state index contributed by atoms with van der Waals surface area (Å²) in [5, 5.41) is 9.12. The largest absolute Gasteiger partial charge is 0.491 e. The third-order valence-corrected chi connectivity index (χ3v) is 6.67. The van der Waals surface area contributed by atoms with Crippen LogP contribution in [0.4, 0.5) is 15.8 Å². The quantitative estimate of drug-likeness (QED) is 0.417. The normalized spacial score (nSPS) is 17.3. The molecule has 2 aliphatic rings. The summed E-state index contributed by atoms with van der Waals surface area (Å²) in [5.41, 5.74) is 5.30. The van der Waals surface area contributed by atoms with Crippen LogP contribution < -0.4 is 15.0 Å². The molecular formula is C28H27FN4O. The molecule has 6 heteroatoms. The van der Waals surface area contributed by atoms with E-state index in [-0.39, 0.29) is 5.82 Å². The summed E-state index contributed by atoms with van der Waals surface area (Å²) in [5.74, 6) is 0.701. The van der Waals surface area contributed by atoms with Crippen LogP contribution in [0.2, 0.25) is 0 Å². The van der Waals surface area contributed by atoms with Crippen LogP contribution in [0.5, 0.6) is 5.75 Å². The van der Waals surface area contributed by atoms with E-state index in [1.54, 1.807) is 12.1 Å². The molecular weight excluding hydrogens is 427 g/mol. The number of aromatic nitrogens is 2. The van der Waals surface area contributed by atoms with Gasteiger partial charge < -0.3 is 15.0 Å². The molecule has 6 rings (SSSR count). The molecule has 0 unspecified atom stereocenters. The van der Waals surface area contributed by atoms with Crippen LogP contribution in [0.15, 0.2) is 72.9 Å². The second-order valence-electron chi connectivity index (χ2n) is 8.98. The molecule has 1 saturated heterocycles. The molecule has 1 fully saturated rings. The minimum absolute atomic E-state index is 0.226. The highest BCUT2D eigenvalue weighted by atomic mass is 19.1. The zero-order chi connectivity index (χ0) is 22.9. The lowest BCUT2D eigenvalue weighted by Crippen LogP contribution is -2.28. The number of rotatable bonds is 6. The molecule has 5 nitrogen and oxygen atoms in total. The number of hydrogen-bond donors (Lipinski definition) is 1. The van der Waals surface area contributed by atoms with Crippen LogP contribution >= 0.6 is 0 Å². The summed E-state index contributed by atoms with van der Waals surface area (Å²) < 4.78 is 21.7. The third kappa shape index (κ3) is 4.05. The van der Waals surface area contributed by atoms with Gasteiger partial charge in [-0.15, -0.1) is 0 Å². The van der Waals surface area contributed by atoms with Gasteiger partial charge in [-0.3, -0.25) is 4.68 Å². The van der Waals surface area contributed by atoms with Gasteiger partial charge in [-0.25, -0.2) is 4.39 Å². The second kappa shape index (κ2) is 8.95. The SMILES string of the molecule is Fc1cccc(Cn2ncc3cc(N4CC=Cc5c(OC[C@H]6CCCN6)cccc54)ccc32)c1. The van der Waals surface area contributed by atoms with Gasteiger partial charge in [-0.05, 0) is 67.4 Å². The molecule has 1 atom stereocenters. The van der Waals surface area contributed by atoms with Crippen molar-refractivity contribution in [2.24, 2.45) is 0 Å². The third-order valence-electron chi connectivity index (χ3n) is 6.67. The molecule has 1 aromatic heterocycles. The zero-order valence-corrected chi connectivity index (χ0v) is 19.0. The smallest absolute Gasteiger partial charge is 0.128 e. The number of nitrogens with zero attached hydrogens (tertiary/aromatic N) is 3. The molecule has 2 aliphatic heterocycles. The average Bonchev–Trinajstić information content (AvgIpc) is 3.52. The summed E-state index contributed by atoms with van der Waals surface area (Å²) >= 11 is 0. The van der Waals surface area contributed by atoms with E-state index in [1.807, 2.05) is 16.9 Å². The van der Waals surface area contributed by atoms with Crippen molar-refractivity contribution in [2.75, 3.05) is 24.6 Å². The maximum atomic E-state index is 13.6. The summed E-state index contributed by atoms with van der Waals surface area (Å²) in [7, 11) is 0. The van der Waals surface area contributed by atoms with Gasteiger partial charge in [0.25, 0.3) is 0 Å². The highest BCUT2D eigenvalue weighted by Crippen LogP contribution is 2.38. The Hall–Kier alpha value is -3.64. The predicted molar refractivity (Wildman–Crippen MR) is 134 cm³/mol. The van der Waals surface area contributed by atoms with Crippen molar-refractivity contribution in [3.05, 3.63) is 89.9 Å². The zero-order valence-electron chi connectivity index (χ0n) is 19.0. The van der Waals surface area contributed by atoms with Crippen LogP contribution in [0.3, 0.4) is 0 Å². The standard InChI is InChI=1S/C28H27FN4O/c29-22-6-1-5-20(15-22)18-33-26-12-11-24(16-21(26)17-31-33)32-14-4-8-25-27(32)9-2-10-28(25)34-19-23-7-3-13-30-23/h1-2,4-6,8-12,15-17,23,30H,3,7,13-14,18-19H2/t23-/m1/s1. The van der Waals surface area contributed by atoms with Crippen LogP contribution in [0.25, 0.3) is 17.0 Å². The predicted octanol–water partition coefficient (Wildman–Crippen LogP) is 5.52. The fourth-order valence-corrected chi connectivity index (χ4v) is 4.95. The first-order valence-electron chi connectivity index (χ1n) is 11.9. The molecule has 0 bridgehead atoms. The number of nitrogens with one attached hydrogen (secondary N) is 1. The fraction of sp³-hybridized carbons (Fsp3) is 0.250. The van der Waals surface area contributed by atoms with Gasteiger partial charge >= 0.3 is 0 Å². The number of halogens is 1. The Balaban J connectivity index is 1.27. The highest BCUT2D eigenvalue weighted by molar-refractivity contribution is 5.87. The van der Waals surface area contributed by atoms with Crippen molar-refractivity contribution >= 4 is 28.4 Å². The van der Waals surface area contributed by atoms with Gasteiger partial charge in [0.05, 0.1) is 23.9 Å². The first kappa shape index (κ1) is 20.9. The van der Waals surface area contributed by atoms with E-state index in [1.165, 1.54) is 18.9 Å². The maximum Gasteiger partial charge on any atom is 0.128 e. The average molecular weight is 455 g/mol. The Morgan fingerprint density at radius 2 is 2.03 bits per heavy atom. The Labute approximate surface area is 198 Å². The van der Waals surface area contributed by atoms with Crippen molar-refractivity contribution < 1.29 is 9.13 Å². The molecule has 0 amide bonds. The lowest BCUT2D eigenvalue weighted by atomic mass is 10.0. The lowest BCUT2D eigenvalue weighted by molar-refractivity contribution is 0.277. The van der Waals surface area contributed by atoms with E-state index < -0.39 is 0 Å². The van der Waals surface area contributed by atoms with Gasteiger partial charge in [-0.2, -0.15) is 5.10 Å². The van der Waals surface area contributed by atoms with Crippen molar-refractivity contribution in [2.45, 2.75) is 25.4 Å². The van der Waals surface area contributed by atoms with Crippen LogP contribution in [0, 0.1) is 5.82 Å². The first-order chi connectivity index (χ1) is 16.7. The topological polar surface area (TPSA) is 42.3 Å². The summed E-state index contributed by atoms with van der Waals surface area (Å²) in [6.45, 7) is 3.10. The van der Waals surface area contributed by atoms with Gasteiger partial charge in [0, 0.05) is 29.2 Å². The van der Waals surface area contributed by atoms with Crippen LogP contribution in [0.1, 0.15) is 24.0 Å². The summed E-state index contributed by atoms with van der Waals surface area (Å²) in [4.78, 5) is 2.30. The first-order valence-corrected chi connectivity index (χ1v) is 11.9. The molecule has 0 radical (unpaired) electrons. The number of anilines is 2. The van der Waals surface area contributed by atoms with E-state index in [4.69, 9.17) is 4.74 Å². The van der Waals surface area contributed by atoms with Gasteiger partial charge in [0.15, 0.2) is 0 Å². The Bertz CT molecular complexity index is 1360. The van der Waals surface area contributed by atoms with E-state index in [0.29, 0.717) is 19.2 Å². The van der Waals surface area contributed by atoms with E-state index in [0.717, 1.165) is 52.2 Å². The summed E-state index contributed by atoms with van der Waals surface area (Å²) in [6, 6.07) is 19.8. The molecule has 4 aromatic rings. The monoisotopic (exact) mass is 454 g/mol. The van der Waals surface area contributed by atoms with E-state index in [2.05, 4.69) is 63.9 Å². The number of benzene rings is 3. The maximum absolute atomic E-state index is 13.6. The number of fused-ring (bicyclic) bond motifs is 2. The van der Waals surface area contributed by atoms with E-state index >= 15 is 0 Å². The minimum Gasteiger partial charge on any atom is -0.491 e. The highest BCUT2D eigenvalue weighted by Gasteiger charge is 2.20. The Kier molecular flexibility index (Phi) is 5.51. The van der Waals surface area contributed by atoms with Crippen molar-refractivity contribution in [1.82, 2.24) is 15.1 Å². The van der Waals surface area contributed by atoms with Gasteiger partial charge in [0.1, 0.15) is 18.2 Å². The second-order valence-corrected chi connectivity index (χ2v) is 8.98. The molecule has 0 saturated carbocycles. The van der Waals surface area contributed by atoms with Gasteiger partial charge in [0.2, 0.25) is 0 Å². The summed E-state index contributed by atoms with van der Waals surface area (Å²) in [6.07, 6.45) is 8.62. The Morgan fingerprint density at radius 1 is 1.09 bits per heavy atom. The molecule has 0 spiro atoms. The fourth-order valence-electron chi connectivity index (χ4n) is 4.95. The molecule has 3 heterocycles. The molecule has 3 aromatic carbocycles. The number of hydrogen-bond acceptors (Lipinski definition) is 4. The molecule has 1 N–H and O–H groups in total. The number of ether oxygens (including phenoxy) is 1. The lowest BCUT2D eigenvalue weighted by Gasteiger charge is -2.29. The van der Waals surface area contributed by atoms with Crippen LogP contribution in [-0.4, -0.2) is 35.5 Å². The Morgan fingerprint density at radius 3 is 2.91 bits per heavy atom. The van der Waals surface area contributed by atoms with Crippen molar-refractivity contribution in [3.8, 4) is 5.75 Å².